The average Bonchev–Trinajstić information content (AvgIpc) is 2.96. The molecule has 0 aliphatic heterocycles. The van der Waals surface area contributed by atoms with Gasteiger partial charge in [0.25, 0.3) is 0 Å². The molecule has 1 aliphatic rings. The van der Waals surface area contributed by atoms with E-state index in [1.807, 2.05) is 0 Å². The molecular weight excluding hydrogens is 254 g/mol. The minimum absolute atomic E-state index is 0.107. The summed E-state index contributed by atoms with van der Waals surface area (Å²) < 4.78 is 55.5. The van der Waals surface area contributed by atoms with Crippen molar-refractivity contribution in [2.45, 2.75) is 24.6 Å². The number of amides is 1. The summed E-state index contributed by atoms with van der Waals surface area (Å²) in [4.78, 5) is 10.7. The fourth-order valence-electron chi connectivity index (χ4n) is 1.78. The Kier molecular flexibility index (Phi) is 2.71. The van der Waals surface area contributed by atoms with Gasteiger partial charge in [-0.2, -0.15) is 13.2 Å². The second kappa shape index (κ2) is 3.86. The smallest absolute Gasteiger partial charge is 0.419 e. The summed E-state index contributed by atoms with van der Waals surface area (Å²) in [5.74, 6) is -1.36. The van der Waals surface area contributed by atoms with E-state index in [0.717, 1.165) is 0 Å². The Balaban J connectivity index is 2.39. The van der Waals surface area contributed by atoms with Gasteiger partial charge in [0.2, 0.25) is 0 Å². The van der Waals surface area contributed by atoms with Crippen LogP contribution in [0.4, 0.5) is 22.4 Å². The number of benzene rings is 1. The maximum Gasteiger partial charge on any atom is 0.419 e. The van der Waals surface area contributed by atoms with Crippen LogP contribution in [0.25, 0.3) is 0 Å². The van der Waals surface area contributed by atoms with E-state index in [2.05, 4.69) is 0 Å². The molecule has 1 aromatic carbocycles. The predicted octanol–water partition coefficient (Wildman–Crippen LogP) is 2.93. The van der Waals surface area contributed by atoms with Crippen LogP contribution in [0.15, 0.2) is 18.2 Å². The molecule has 1 amide bonds. The molecule has 1 aliphatic carbocycles. The number of carbonyl (C=O) groups is 1. The molecule has 98 valence electrons. The maximum absolute atomic E-state index is 13.1. The largest absolute Gasteiger partial charge is 0.438 e. The molecule has 1 fully saturated rings. The first-order valence-corrected chi connectivity index (χ1v) is 5.10. The van der Waals surface area contributed by atoms with Gasteiger partial charge in [-0.05, 0) is 30.5 Å². The third-order valence-electron chi connectivity index (χ3n) is 2.80. The highest BCUT2D eigenvalue weighted by molar-refractivity contribution is 5.66. The predicted molar refractivity (Wildman–Crippen MR) is 53.0 cm³/mol. The van der Waals surface area contributed by atoms with E-state index in [1.165, 1.54) is 6.07 Å². The Bertz CT molecular complexity index is 494. The lowest BCUT2D eigenvalue weighted by atomic mass is 10.0. The molecule has 2 N–H and O–H groups in total. The van der Waals surface area contributed by atoms with E-state index in [0.29, 0.717) is 25.0 Å². The molecule has 0 atom stereocenters. The number of hydrogen-bond donors (Lipinski definition) is 1. The molecule has 0 heterocycles. The zero-order chi connectivity index (χ0) is 13.6. The zero-order valence-electron chi connectivity index (χ0n) is 9.05. The fraction of sp³-hybridized carbons (Fsp3) is 0.364. The van der Waals surface area contributed by atoms with Crippen molar-refractivity contribution in [3.63, 3.8) is 0 Å². The average molecular weight is 263 g/mol. The number of rotatable bonds is 2. The molecule has 0 unspecified atom stereocenters. The highest BCUT2D eigenvalue weighted by Gasteiger charge is 2.49. The summed E-state index contributed by atoms with van der Waals surface area (Å²) in [5.41, 5.74) is 2.46. The summed E-state index contributed by atoms with van der Waals surface area (Å²) in [5, 5.41) is 0. The number of hydrogen-bond acceptors (Lipinski definition) is 2. The third kappa shape index (κ3) is 2.25. The van der Waals surface area contributed by atoms with E-state index in [4.69, 9.17) is 10.5 Å². The van der Waals surface area contributed by atoms with Crippen molar-refractivity contribution < 1.29 is 27.1 Å². The summed E-state index contributed by atoms with van der Waals surface area (Å²) in [6.07, 6.45) is -5.11. The molecule has 0 spiro atoms. The molecule has 3 nitrogen and oxygen atoms in total. The van der Waals surface area contributed by atoms with Crippen LogP contribution in [0.1, 0.15) is 24.0 Å². The normalized spacial score (nSPS) is 17.3. The molecule has 2 rings (SSSR count). The Hall–Kier alpha value is -1.79. The van der Waals surface area contributed by atoms with Gasteiger partial charge in [-0.1, -0.05) is 6.07 Å². The second-order valence-corrected chi connectivity index (χ2v) is 4.11. The molecular formula is C11H9F4NO2. The Morgan fingerprint density at radius 3 is 2.39 bits per heavy atom. The number of ether oxygens (including phenoxy) is 1. The fourth-order valence-corrected chi connectivity index (χ4v) is 1.78. The van der Waals surface area contributed by atoms with E-state index in [1.54, 1.807) is 0 Å². The first kappa shape index (κ1) is 12.7. The minimum atomic E-state index is -4.79. The van der Waals surface area contributed by atoms with Crippen LogP contribution in [0.2, 0.25) is 0 Å². The summed E-state index contributed by atoms with van der Waals surface area (Å²) >= 11 is 0. The first-order chi connectivity index (χ1) is 8.24. The van der Waals surface area contributed by atoms with Crippen molar-refractivity contribution in [3.05, 3.63) is 35.1 Å². The van der Waals surface area contributed by atoms with Gasteiger partial charge in [0.05, 0.1) is 5.56 Å². The van der Waals surface area contributed by atoms with E-state index in [-0.39, 0.29) is 5.56 Å². The lowest BCUT2D eigenvalue weighted by molar-refractivity contribution is -0.140. The third-order valence-corrected chi connectivity index (χ3v) is 2.80. The Morgan fingerprint density at radius 1 is 1.33 bits per heavy atom. The standard InChI is InChI=1S/C11H9F4NO2/c12-8-2-1-6(5-7(8)11(13,14)15)10(3-4-10)18-9(16)17/h1-2,5H,3-4H2,(H2,16,17). The summed E-state index contributed by atoms with van der Waals surface area (Å²) in [6, 6.07) is 2.54. The summed E-state index contributed by atoms with van der Waals surface area (Å²) in [7, 11) is 0. The molecule has 7 heteroatoms. The van der Waals surface area contributed by atoms with Crippen LogP contribution < -0.4 is 5.73 Å². The zero-order valence-corrected chi connectivity index (χ0v) is 9.05. The molecule has 0 aromatic heterocycles. The van der Waals surface area contributed by atoms with Crippen LogP contribution in [-0.2, 0) is 16.5 Å². The lowest BCUT2D eigenvalue weighted by Crippen LogP contribution is -2.23. The Labute approximate surface area is 99.5 Å². The molecule has 18 heavy (non-hydrogen) atoms. The molecule has 0 saturated heterocycles. The highest BCUT2D eigenvalue weighted by Crippen LogP contribution is 2.50. The topological polar surface area (TPSA) is 52.3 Å². The van der Waals surface area contributed by atoms with E-state index < -0.39 is 29.3 Å². The first-order valence-electron chi connectivity index (χ1n) is 5.10. The summed E-state index contributed by atoms with van der Waals surface area (Å²) in [6.45, 7) is 0. The number of halogens is 4. The quantitative estimate of drug-likeness (QED) is 0.834. The highest BCUT2D eigenvalue weighted by atomic mass is 19.4. The molecule has 0 bridgehead atoms. The van der Waals surface area contributed by atoms with Crippen molar-refractivity contribution in [2.75, 3.05) is 0 Å². The van der Waals surface area contributed by atoms with Gasteiger partial charge in [-0.15, -0.1) is 0 Å². The number of alkyl halides is 3. The van der Waals surface area contributed by atoms with Gasteiger partial charge in [0, 0.05) is 0 Å². The molecule has 1 saturated carbocycles. The van der Waals surface area contributed by atoms with Crippen molar-refractivity contribution >= 4 is 6.09 Å². The van der Waals surface area contributed by atoms with Gasteiger partial charge < -0.3 is 10.5 Å². The lowest BCUT2D eigenvalue weighted by Gasteiger charge is -2.17. The number of nitrogens with two attached hydrogens (primary N) is 1. The van der Waals surface area contributed by atoms with Crippen LogP contribution in [0, 0.1) is 5.82 Å². The van der Waals surface area contributed by atoms with Gasteiger partial charge in [0.1, 0.15) is 11.4 Å². The van der Waals surface area contributed by atoms with Crippen LogP contribution in [0.5, 0.6) is 0 Å². The van der Waals surface area contributed by atoms with Gasteiger partial charge in [0.15, 0.2) is 0 Å². The molecule has 0 radical (unpaired) electrons. The van der Waals surface area contributed by atoms with Crippen LogP contribution in [-0.4, -0.2) is 6.09 Å². The monoisotopic (exact) mass is 263 g/mol. The SMILES string of the molecule is NC(=O)OC1(c2ccc(F)c(C(F)(F)F)c2)CC1. The van der Waals surface area contributed by atoms with Crippen LogP contribution >= 0.6 is 0 Å². The van der Waals surface area contributed by atoms with Gasteiger partial charge in [-0.3, -0.25) is 0 Å². The van der Waals surface area contributed by atoms with E-state index in [9.17, 15) is 22.4 Å². The van der Waals surface area contributed by atoms with Crippen molar-refractivity contribution in [1.29, 1.82) is 0 Å². The molecule has 1 aromatic rings. The van der Waals surface area contributed by atoms with Gasteiger partial charge >= 0.3 is 12.3 Å². The Morgan fingerprint density at radius 2 is 1.94 bits per heavy atom. The number of primary amides is 1. The maximum atomic E-state index is 13.1. The van der Waals surface area contributed by atoms with E-state index >= 15 is 0 Å². The van der Waals surface area contributed by atoms with Crippen LogP contribution in [0.3, 0.4) is 0 Å². The van der Waals surface area contributed by atoms with Crippen molar-refractivity contribution in [3.8, 4) is 0 Å². The van der Waals surface area contributed by atoms with Crippen molar-refractivity contribution in [1.82, 2.24) is 0 Å². The minimum Gasteiger partial charge on any atom is -0.438 e. The van der Waals surface area contributed by atoms with Gasteiger partial charge in [-0.25, -0.2) is 9.18 Å². The second-order valence-electron chi connectivity index (χ2n) is 4.11. The van der Waals surface area contributed by atoms with Crippen molar-refractivity contribution in [2.24, 2.45) is 5.73 Å². The number of carbonyl (C=O) groups excluding carboxylic acids is 1.